The van der Waals surface area contributed by atoms with Gasteiger partial charge in [-0.2, -0.15) is 4.68 Å². The van der Waals surface area contributed by atoms with E-state index in [-0.39, 0.29) is 0 Å². The van der Waals surface area contributed by atoms with Crippen molar-refractivity contribution in [3.8, 4) is 5.69 Å². The molecule has 0 spiro atoms. The molecule has 5 heteroatoms. The third kappa shape index (κ3) is 3.47. The number of tetrazole rings is 1. The third-order valence-corrected chi connectivity index (χ3v) is 4.29. The summed E-state index contributed by atoms with van der Waals surface area (Å²) in [6.45, 7) is 5.42. The molecule has 2 aromatic rings. The van der Waals surface area contributed by atoms with Crippen LogP contribution in [0.25, 0.3) is 5.69 Å². The predicted molar refractivity (Wildman–Crippen MR) is 82.0 cm³/mol. The zero-order valence-electron chi connectivity index (χ0n) is 12.8. The summed E-state index contributed by atoms with van der Waals surface area (Å²) >= 11 is 0. The van der Waals surface area contributed by atoms with Crippen LogP contribution in [0.1, 0.15) is 45.4 Å². The second kappa shape index (κ2) is 5.93. The molecule has 1 atom stereocenters. The maximum atomic E-state index is 4.15. The van der Waals surface area contributed by atoms with Gasteiger partial charge >= 0.3 is 0 Å². The number of para-hydroxylation sites is 1. The van der Waals surface area contributed by atoms with Crippen molar-refractivity contribution in [1.29, 1.82) is 0 Å². The van der Waals surface area contributed by atoms with Crippen LogP contribution in [0.15, 0.2) is 30.3 Å². The lowest BCUT2D eigenvalue weighted by Crippen LogP contribution is -2.37. The van der Waals surface area contributed by atoms with E-state index in [1.54, 1.807) is 4.68 Å². The average Bonchev–Trinajstić information content (AvgIpc) is 2.93. The summed E-state index contributed by atoms with van der Waals surface area (Å²) in [6.07, 6.45) is 5.09. The van der Waals surface area contributed by atoms with E-state index in [0.717, 1.165) is 11.5 Å². The fourth-order valence-corrected chi connectivity index (χ4v) is 3.19. The van der Waals surface area contributed by atoms with Crippen molar-refractivity contribution in [3.63, 3.8) is 0 Å². The Morgan fingerprint density at radius 2 is 2.10 bits per heavy atom. The highest BCUT2D eigenvalue weighted by molar-refractivity contribution is 5.30. The molecular weight excluding hydrogens is 262 g/mol. The van der Waals surface area contributed by atoms with E-state index in [1.165, 1.54) is 25.7 Å². The number of hydrogen-bond acceptors (Lipinski definition) is 4. The van der Waals surface area contributed by atoms with Crippen molar-refractivity contribution >= 4 is 0 Å². The summed E-state index contributed by atoms with van der Waals surface area (Å²) in [5.41, 5.74) is 1.45. The summed E-state index contributed by atoms with van der Waals surface area (Å²) in [5.74, 6) is 0.865. The molecule has 0 saturated heterocycles. The van der Waals surface area contributed by atoms with Crippen molar-refractivity contribution in [1.82, 2.24) is 25.5 Å². The van der Waals surface area contributed by atoms with Crippen LogP contribution in [0, 0.1) is 5.41 Å². The van der Waals surface area contributed by atoms with Crippen LogP contribution in [0.3, 0.4) is 0 Å². The van der Waals surface area contributed by atoms with Crippen LogP contribution in [0.2, 0.25) is 0 Å². The molecule has 1 saturated carbocycles. The molecule has 1 aromatic carbocycles. The van der Waals surface area contributed by atoms with E-state index in [9.17, 15) is 0 Å². The minimum absolute atomic E-state index is 0.446. The summed E-state index contributed by atoms with van der Waals surface area (Å²) in [7, 11) is 0. The molecule has 1 unspecified atom stereocenters. The molecule has 112 valence electrons. The summed E-state index contributed by atoms with van der Waals surface area (Å²) in [4.78, 5) is 0. The molecule has 0 radical (unpaired) electrons. The number of rotatable bonds is 4. The highest BCUT2D eigenvalue weighted by atomic mass is 15.5. The molecule has 1 aliphatic rings. The van der Waals surface area contributed by atoms with Gasteiger partial charge in [0.05, 0.1) is 12.2 Å². The zero-order chi connectivity index (χ0) is 14.7. The first kappa shape index (κ1) is 14.2. The first-order valence-corrected chi connectivity index (χ1v) is 7.70. The van der Waals surface area contributed by atoms with Gasteiger partial charge in [-0.25, -0.2) is 0 Å². The third-order valence-electron chi connectivity index (χ3n) is 4.29. The Bertz CT molecular complexity index is 575. The highest BCUT2D eigenvalue weighted by Gasteiger charge is 2.27. The molecule has 1 heterocycles. The van der Waals surface area contributed by atoms with Gasteiger partial charge in [0.1, 0.15) is 0 Å². The minimum Gasteiger partial charge on any atom is -0.307 e. The monoisotopic (exact) mass is 285 g/mol. The molecular formula is C16H23N5. The van der Waals surface area contributed by atoms with E-state index in [1.807, 2.05) is 30.3 Å². The minimum atomic E-state index is 0.446. The lowest BCUT2D eigenvalue weighted by Gasteiger charge is -2.35. The van der Waals surface area contributed by atoms with Gasteiger partial charge in [-0.15, -0.1) is 5.10 Å². The molecule has 0 bridgehead atoms. The van der Waals surface area contributed by atoms with Crippen molar-refractivity contribution in [2.75, 3.05) is 0 Å². The van der Waals surface area contributed by atoms with Crippen molar-refractivity contribution in [2.45, 2.75) is 52.1 Å². The molecule has 21 heavy (non-hydrogen) atoms. The smallest absolute Gasteiger partial charge is 0.170 e. The lowest BCUT2D eigenvalue weighted by molar-refractivity contribution is 0.197. The first-order chi connectivity index (χ1) is 10.1. The van der Waals surface area contributed by atoms with Gasteiger partial charge < -0.3 is 5.32 Å². The Morgan fingerprint density at radius 3 is 2.86 bits per heavy atom. The summed E-state index contributed by atoms with van der Waals surface area (Å²) < 4.78 is 1.81. The molecule has 0 amide bonds. The number of nitrogens with one attached hydrogen (secondary N) is 1. The van der Waals surface area contributed by atoms with Crippen LogP contribution in [-0.4, -0.2) is 26.2 Å². The van der Waals surface area contributed by atoms with Gasteiger partial charge in [-0.1, -0.05) is 38.5 Å². The molecule has 0 aliphatic heterocycles. The van der Waals surface area contributed by atoms with Crippen molar-refractivity contribution < 1.29 is 0 Å². The Labute approximate surface area is 125 Å². The zero-order valence-corrected chi connectivity index (χ0v) is 12.8. The van der Waals surface area contributed by atoms with Gasteiger partial charge in [0.2, 0.25) is 0 Å². The molecule has 1 aliphatic carbocycles. The van der Waals surface area contributed by atoms with E-state index < -0.39 is 0 Å². The van der Waals surface area contributed by atoms with Crippen LogP contribution >= 0.6 is 0 Å². The van der Waals surface area contributed by atoms with Crippen molar-refractivity contribution in [2.24, 2.45) is 5.41 Å². The van der Waals surface area contributed by atoms with Crippen molar-refractivity contribution in [3.05, 3.63) is 36.2 Å². The van der Waals surface area contributed by atoms with Gasteiger partial charge in [-0.3, -0.25) is 0 Å². The largest absolute Gasteiger partial charge is 0.307 e. The van der Waals surface area contributed by atoms with E-state index in [2.05, 4.69) is 34.7 Å². The molecule has 1 fully saturated rings. The summed E-state index contributed by atoms with van der Waals surface area (Å²) in [6, 6.07) is 10.6. The molecule has 1 aromatic heterocycles. The Balaban J connectivity index is 1.65. The van der Waals surface area contributed by atoms with Crippen LogP contribution in [0.5, 0.6) is 0 Å². The number of nitrogens with zero attached hydrogens (tertiary/aromatic N) is 4. The number of hydrogen-bond donors (Lipinski definition) is 1. The molecule has 5 nitrogen and oxygen atoms in total. The summed E-state index contributed by atoms with van der Waals surface area (Å²) in [5, 5.41) is 15.7. The Kier molecular flexibility index (Phi) is 4.01. The second-order valence-corrected chi connectivity index (χ2v) is 6.68. The van der Waals surface area contributed by atoms with E-state index >= 15 is 0 Å². The van der Waals surface area contributed by atoms with Crippen LogP contribution in [-0.2, 0) is 6.54 Å². The molecule has 1 N–H and O–H groups in total. The highest BCUT2D eigenvalue weighted by Crippen LogP contribution is 2.35. The maximum absolute atomic E-state index is 4.15. The molecule has 3 rings (SSSR count). The van der Waals surface area contributed by atoms with Crippen LogP contribution < -0.4 is 5.32 Å². The fourth-order valence-electron chi connectivity index (χ4n) is 3.19. The second-order valence-electron chi connectivity index (χ2n) is 6.68. The quantitative estimate of drug-likeness (QED) is 0.938. The van der Waals surface area contributed by atoms with Gasteiger partial charge in [-0.05, 0) is 47.2 Å². The lowest BCUT2D eigenvalue weighted by atomic mass is 9.75. The first-order valence-electron chi connectivity index (χ1n) is 7.70. The normalized spacial score (nSPS) is 21.3. The maximum Gasteiger partial charge on any atom is 0.170 e. The van der Waals surface area contributed by atoms with Gasteiger partial charge in [0.25, 0.3) is 0 Å². The Hall–Kier alpha value is -1.75. The number of aromatic nitrogens is 4. The van der Waals surface area contributed by atoms with Crippen LogP contribution in [0.4, 0.5) is 0 Å². The standard InChI is InChI=1S/C16H23N5/c1-16(2)10-6-7-13(11-16)17-12-15-18-19-20-21(15)14-8-4-3-5-9-14/h3-5,8-9,13,17H,6-7,10-12H2,1-2H3. The van der Waals surface area contributed by atoms with E-state index in [0.29, 0.717) is 18.0 Å². The predicted octanol–water partition coefficient (Wildman–Crippen LogP) is 2.72. The fraction of sp³-hybridized carbons (Fsp3) is 0.562. The van der Waals surface area contributed by atoms with Gasteiger partial charge in [0, 0.05) is 6.04 Å². The average molecular weight is 285 g/mol. The SMILES string of the molecule is CC1(C)CCCC(NCc2nnnn2-c2ccccc2)C1. The topological polar surface area (TPSA) is 55.6 Å². The number of benzene rings is 1. The van der Waals surface area contributed by atoms with Gasteiger partial charge in [0.15, 0.2) is 5.82 Å². The van der Waals surface area contributed by atoms with E-state index in [4.69, 9.17) is 0 Å². The Morgan fingerprint density at radius 1 is 1.29 bits per heavy atom.